The van der Waals surface area contributed by atoms with Crippen molar-refractivity contribution in [3.05, 3.63) is 95.1 Å². The summed E-state index contributed by atoms with van der Waals surface area (Å²) < 4.78 is 0. The van der Waals surface area contributed by atoms with Gasteiger partial charge in [-0.25, -0.2) is 15.4 Å². The first-order valence-corrected chi connectivity index (χ1v) is 11.7. The molecular weight excluding hydrogens is 450 g/mol. The van der Waals surface area contributed by atoms with E-state index < -0.39 is 0 Å². The zero-order valence-electron chi connectivity index (χ0n) is 19.6. The highest BCUT2D eigenvalue weighted by atomic mass is 16.6. The van der Waals surface area contributed by atoms with Crippen molar-refractivity contribution in [1.29, 1.82) is 0 Å². The van der Waals surface area contributed by atoms with Crippen LogP contribution in [0.15, 0.2) is 66.7 Å². The molecule has 3 N–H and O–H groups in total. The number of aromatic nitrogens is 4. The van der Waals surface area contributed by atoms with Crippen molar-refractivity contribution in [1.82, 2.24) is 25.4 Å². The molecule has 36 heavy (non-hydrogen) atoms. The summed E-state index contributed by atoms with van der Waals surface area (Å²) >= 11 is 0. The standard InChI is InChI=1S/C29H23N5O2/c1-2-36-34-29(35)19-5-3-18(4-6-19)28-26-13-11-24(32-26)16-22-9-7-20(30-22)15-21-8-10-23(31-21)17-25-12-14-27(28)33-25/h3-17,30,33H,2H2,1H3,(H,34,35). The average Bonchev–Trinajstić information content (AvgIpc) is 3.69. The number of aromatic amines is 2. The van der Waals surface area contributed by atoms with Gasteiger partial charge >= 0.3 is 0 Å². The number of rotatable bonds is 4. The van der Waals surface area contributed by atoms with Gasteiger partial charge in [-0.15, -0.1) is 0 Å². The van der Waals surface area contributed by atoms with Crippen LogP contribution in [-0.2, 0) is 4.84 Å². The number of carbonyl (C=O) groups excluding carboxylic acids is 1. The molecule has 8 bridgehead atoms. The quantitative estimate of drug-likeness (QED) is 0.274. The minimum Gasteiger partial charge on any atom is -0.355 e. The molecule has 2 aliphatic rings. The van der Waals surface area contributed by atoms with E-state index in [1.54, 1.807) is 12.1 Å². The molecule has 1 aromatic carbocycles. The Labute approximate surface area is 207 Å². The number of nitrogens with zero attached hydrogens (tertiary/aromatic N) is 2. The molecular formula is C29H23N5O2. The van der Waals surface area contributed by atoms with Gasteiger partial charge in [0.25, 0.3) is 5.91 Å². The van der Waals surface area contributed by atoms with E-state index in [1.165, 1.54) is 0 Å². The second-order valence-electron chi connectivity index (χ2n) is 8.50. The molecule has 0 radical (unpaired) electrons. The molecule has 1 amide bonds. The zero-order chi connectivity index (χ0) is 24.5. The van der Waals surface area contributed by atoms with Crippen LogP contribution in [0.2, 0.25) is 0 Å². The minimum atomic E-state index is -0.282. The first kappa shape index (κ1) is 21.8. The predicted octanol–water partition coefficient (Wildman–Crippen LogP) is 6.00. The van der Waals surface area contributed by atoms with Crippen molar-refractivity contribution in [2.45, 2.75) is 6.92 Å². The lowest BCUT2D eigenvalue weighted by Gasteiger charge is -2.07. The third-order valence-electron chi connectivity index (χ3n) is 5.96. The lowest BCUT2D eigenvalue weighted by atomic mass is 10.0. The Kier molecular flexibility index (Phi) is 5.52. The van der Waals surface area contributed by atoms with Crippen molar-refractivity contribution in [2.75, 3.05) is 6.61 Å². The third kappa shape index (κ3) is 4.35. The van der Waals surface area contributed by atoms with Crippen LogP contribution in [-0.4, -0.2) is 32.4 Å². The highest BCUT2D eigenvalue weighted by molar-refractivity contribution is 5.95. The number of fused-ring (bicyclic) bond motifs is 8. The van der Waals surface area contributed by atoms with Gasteiger partial charge < -0.3 is 9.97 Å². The Balaban J connectivity index is 1.56. The second kappa shape index (κ2) is 9.13. The lowest BCUT2D eigenvalue weighted by molar-refractivity contribution is 0.0364. The number of amides is 1. The number of hydrogen-bond acceptors (Lipinski definition) is 4. The molecule has 176 valence electrons. The van der Waals surface area contributed by atoms with E-state index in [1.807, 2.05) is 85.8 Å². The molecule has 5 heterocycles. The van der Waals surface area contributed by atoms with Crippen LogP contribution in [0.4, 0.5) is 0 Å². The van der Waals surface area contributed by atoms with Gasteiger partial charge in [0, 0.05) is 33.2 Å². The maximum absolute atomic E-state index is 12.3. The fourth-order valence-corrected chi connectivity index (χ4v) is 4.30. The van der Waals surface area contributed by atoms with Crippen LogP contribution in [0, 0.1) is 0 Å². The maximum Gasteiger partial charge on any atom is 0.274 e. The van der Waals surface area contributed by atoms with Gasteiger partial charge in [-0.05, 0) is 91.4 Å². The van der Waals surface area contributed by atoms with Crippen molar-refractivity contribution in [3.8, 4) is 11.1 Å². The molecule has 0 spiro atoms. The summed E-state index contributed by atoms with van der Waals surface area (Å²) in [6, 6.07) is 21.6. The zero-order valence-corrected chi connectivity index (χ0v) is 19.6. The molecule has 6 rings (SSSR count). The third-order valence-corrected chi connectivity index (χ3v) is 5.96. The Hall–Kier alpha value is -4.75. The van der Waals surface area contributed by atoms with E-state index in [9.17, 15) is 4.79 Å². The number of carbonyl (C=O) groups is 1. The summed E-state index contributed by atoms with van der Waals surface area (Å²) in [5.74, 6) is -0.282. The summed E-state index contributed by atoms with van der Waals surface area (Å²) in [4.78, 5) is 33.9. The molecule has 7 heteroatoms. The largest absolute Gasteiger partial charge is 0.355 e. The minimum absolute atomic E-state index is 0.282. The summed E-state index contributed by atoms with van der Waals surface area (Å²) in [6.45, 7) is 2.22. The summed E-state index contributed by atoms with van der Waals surface area (Å²) in [6.07, 6.45) is 8.02. The Morgan fingerprint density at radius 3 is 2.08 bits per heavy atom. The summed E-state index contributed by atoms with van der Waals surface area (Å²) in [5, 5.41) is 0. The highest BCUT2D eigenvalue weighted by Crippen LogP contribution is 2.30. The number of H-pyrrole nitrogens is 2. The average molecular weight is 474 g/mol. The number of benzene rings is 1. The molecule has 0 saturated carbocycles. The normalized spacial score (nSPS) is 12.1. The SMILES string of the molecule is CCONC(=O)c1ccc(-c2c3nc(cc4ccc(cc5nc(cc6ccc2[nH]6)C=C5)[nH]4)C=C3)cc1. The van der Waals surface area contributed by atoms with Gasteiger partial charge in [0.05, 0.1) is 29.4 Å². The van der Waals surface area contributed by atoms with Gasteiger partial charge in [-0.3, -0.25) is 9.63 Å². The van der Waals surface area contributed by atoms with E-state index in [0.717, 1.165) is 56.0 Å². The summed E-state index contributed by atoms with van der Waals surface area (Å²) in [5.41, 5.74) is 12.1. The monoisotopic (exact) mass is 473 g/mol. The molecule has 0 atom stereocenters. The van der Waals surface area contributed by atoms with Crippen molar-refractivity contribution >= 4 is 52.3 Å². The molecule has 0 unspecified atom stereocenters. The molecule has 7 nitrogen and oxygen atoms in total. The Morgan fingerprint density at radius 1 is 0.778 bits per heavy atom. The molecule has 0 saturated heterocycles. The van der Waals surface area contributed by atoms with Gasteiger partial charge in [0.2, 0.25) is 0 Å². The van der Waals surface area contributed by atoms with Crippen LogP contribution in [0.3, 0.4) is 0 Å². The van der Waals surface area contributed by atoms with Crippen LogP contribution >= 0.6 is 0 Å². The van der Waals surface area contributed by atoms with E-state index in [-0.39, 0.29) is 5.91 Å². The van der Waals surface area contributed by atoms with Crippen molar-refractivity contribution in [2.24, 2.45) is 0 Å². The first-order chi connectivity index (χ1) is 17.6. The molecule has 0 aliphatic carbocycles. The Morgan fingerprint density at radius 2 is 1.39 bits per heavy atom. The molecule has 0 fully saturated rings. The first-order valence-electron chi connectivity index (χ1n) is 11.7. The predicted molar refractivity (Wildman–Crippen MR) is 143 cm³/mol. The highest BCUT2D eigenvalue weighted by Gasteiger charge is 2.12. The maximum atomic E-state index is 12.3. The Bertz CT molecular complexity index is 1690. The number of hydrogen-bond donors (Lipinski definition) is 3. The topological polar surface area (TPSA) is 95.7 Å². The van der Waals surface area contributed by atoms with Crippen molar-refractivity contribution < 1.29 is 9.63 Å². The van der Waals surface area contributed by atoms with Crippen LogP contribution < -0.4 is 5.48 Å². The van der Waals surface area contributed by atoms with Crippen LogP contribution in [0.5, 0.6) is 0 Å². The molecule has 3 aromatic heterocycles. The van der Waals surface area contributed by atoms with Gasteiger partial charge in [-0.1, -0.05) is 12.1 Å². The van der Waals surface area contributed by atoms with Gasteiger partial charge in [0.15, 0.2) is 0 Å². The van der Waals surface area contributed by atoms with E-state index in [4.69, 9.17) is 14.8 Å². The van der Waals surface area contributed by atoms with Crippen LogP contribution in [0.25, 0.3) is 57.5 Å². The lowest BCUT2D eigenvalue weighted by Crippen LogP contribution is -2.23. The van der Waals surface area contributed by atoms with E-state index in [0.29, 0.717) is 12.2 Å². The van der Waals surface area contributed by atoms with Gasteiger partial charge in [0.1, 0.15) is 0 Å². The fraction of sp³-hybridized carbons (Fsp3) is 0.0690. The second-order valence-corrected chi connectivity index (χ2v) is 8.50. The summed E-state index contributed by atoms with van der Waals surface area (Å²) in [7, 11) is 0. The number of nitrogens with one attached hydrogen (secondary N) is 3. The van der Waals surface area contributed by atoms with Crippen LogP contribution in [0.1, 0.15) is 40.1 Å². The van der Waals surface area contributed by atoms with Crippen molar-refractivity contribution in [3.63, 3.8) is 0 Å². The number of hydroxylamine groups is 1. The fourth-order valence-electron chi connectivity index (χ4n) is 4.30. The van der Waals surface area contributed by atoms with E-state index >= 15 is 0 Å². The van der Waals surface area contributed by atoms with Gasteiger partial charge in [-0.2, -0.15) is 0 Å². The smallest absolute Gasteiger partial charge is 0.274 e. The molecule has 4 aromatic rings. The molecule has 2 aliphatic heterocycles. The van der Waals surface area contributed by atoms with E-state index in [2.05, 4.69) is 15.4 Å².